The highest BCUT2D eigenvalue weighted by atomic mass is 35.5. The molecule has 0 fully saturated rings. The van der Waals surface area contributed by atoms with Gasteiger partial charge in [-0.1, -0.05) is 41.9 Å². The number of benzene rings is 2. The van der Waals surface area contributed by atoms with Crippen molar-refractivity contribution in [2.45, 2.75) is 32.2 Å². The van der Waals surface area contributed by atoms with E-state index < -0.39 is 11.9 Å². The van der Waals surface area contributed by atoms with Crippen LogP contribution < -0.4 is 15.8 Å². The molecule has 2 heterocycles. The van der Waals surface area contributed by atoms with Crippen molar-refractivity contribution in [2.24, 2.45) is 5.73 Å². The Kier molecular flexibility index (Phi) is 8.53. The number of halogens is 1. The normalized spacial score (nSPS) is 11.6. The Morgan fingerprint density at radius 3 is 2.62 bits per heavy atom. The Morgan fingerprint density at radius 1 is 1.11 bits per heavy atom. The number of rotatable bonds is 11. The number of aromatic nitrogens is 3. The lowest BCUT2D eigenvalue weighted by Gasteiger charge is -2.16. The van der Waals surface area contributed by atoms with Gasteiger partial charge in [0.15, 0.2) is 0 Å². The zero-order valence-electron chi connectivity index (χ0n) is 20.4. The molecule has 0 radical (unpaired) electrons. The van der Waals surface area contributed by atoms with E-state index in [0.29, 0.717) is 29.4 Å². The molecule has 0 aliphatic heterocycles. The molecular formula is C28H28ClN5O3. The summed E-state index contributed by atoms with van der Waals surface area (Å²) >= 11 is 6.14. The number of nitrogens with two attached hydrogens (primary N) is 1. The lowest BCUT2D eigenvalue weighted by Crippen LogP contribution is -2.45. The van der Waals surface area contributed by atoms with Crippen LogP contribution in [0.2, 0.25) is 5.02 Å². The number of carbonyl (C=O) groups is 2. The smallest absolute Gasteiger partial charge is 0.240 e. The summed E-state index contributed by atoms with van der Waals surface area (Å²) in [6.45, 7) is 2.23. The Bertz CT molecular complexity index is 1360. The lowest BCUT2D eigenvalue weighted by atomic mass is 10.1. The van der Waals surface area contributed by atoms with Crippen LogP contribution in [0.15, 0.2) is 79.1 Å². The number of hydrogen-bond acceptors (Lipinski definition) is 5. The average Bonchev–Trinajstić information content (AvgIpc) is 3.31. The summed E-state index contributed by atoms with van der Waals surface area (Å²) in [5, 5.41) is 8.10. The van der Waals surface area contributed by atoms with Gasteiger partial charge >= 0.3 is 0 Å². The molecule has 2 aromatic heterocycles. The second-order valence-electron chi connectivity index (χ2n) is 8.62. The molecule has 0 saturated carbocycles. The highest BCUT2D eigenvalue weighted by Gasteiger charge is 2.19. The van der Waals surface area contributed by atoms with Gasteiger partial charge in [0, 0.05) is 41.9 Å². The number of nitrogens with one attached hydrogen (secondary N) is 1. The maximum atomic E-state index is 12.5. The third-order valence-electron chi connectivity index (χ3n) is 5.78. The fourth-order valence-corrected chi connectivity index (χ4v) is 4.13. The van der Waals surface area contributed by atoms with E-state index in [0.717, 1.165) is 22.4 Å². The van der Waals surface area contributed by atoms with Gasteiger partial charge in [0.25, 0.3) is 0 Å². The average molecular weight is 518 g/mol. The van der Waals surface area contributed by atoms with Gasteiger partial charge < -0.3 is 15.8 Å². The first kappa shape index (κ1) is 25.9. The number of primary amides is 1. The number of hydrogen-bond donors (Lipinski definition) is 2. The Labute approximate surface area is 220 Å². The van der Waals surface area contributed by atoms with Crippen LogP contribution in [0.1, 0.15) is 24.0 Å². The Hall–Kier alpha value is -4.17. The molecule has 9 heteroatoms. The van der Waals surface area contributed by atoms with Crippen LogP contribution in [-0.2, 0) is 16.0 Å². The Balaban J connectivity index is 1.40. The van der Waals surface area contributed by atoms with Gasteiger partial charge in [-0.15, -0.1) is 0 Å². The molecular weight excluding hydrogens is 490 g/mol. The summed E-state index contributed by atoms with van der Waals surface area (Å²) in [5.74, 6) is -0.302. The highest BCUT2D eigenvalue weighted by molar-refractivity contribution is 6.30. The fraction of sp³-hybridized carbons (Fsp3) is 0.214. The van der Waals surface area contributed by atoms with Crippen LogP contribution in [-0.4, -0.2) is 39.2 Å². The molecule has 8 nitrogen and oxygen atoms in total. The van der Waals surface area contributed by atoms with E-state index in [4.69, 9.17) is 27.2 Å². The van der Waals surface area contributed by atoms with Gasteiger partial charge in [-0.25, -0.2) is 4.68 Å². The van der Waals surface area contributed by atoms with Crippen LogP contribution >= 0.6 is 11.6 Å². The van der Waals surface area contributed by atoms with Crippen LogP contribution in [0.3, 0.4) is 0 Å². The number of nitrogens with zero attached hydrogens (tertiary/aromatic N) is 3. The number of amides is 2. The highest BCUT2D eigenvalue weighted by Crippen LogP contribution is 2.28. The predicted molar refractivity (Wildman–Crippen MR) is 143 cm³/mol. The molecule has 4 aromatic rings. The number of aryl methyl sites for hydroxylation is 1. The molecule has 2 aromatic carbocycles. The topological polar surface area (TPSA) is 112 Å². The third-order valence-corrected chi connectivity index (χ3v) is 6.02. The number of carbonyl (C=O) groups excluding carboxylic acids is 2. The first-order chi connectivity index (χ1) is 17.9. The number of pyridine rings is 1. The van der Waals surface area contributed by atoms with Crippen LogP contribution in [0, 0.1) is 6.92 Å². The van der Waals surface area contributed by atoms with Crippen molar-refractivity contribution in [3.05, 3.63) is 95.3 Å². The third kappa shape index (κ3) is 6.95. The SMILES string of the molecule is Cc1cc(Cl)ccc1-n1nc(-c2cccnc2)cc1OCCCC(=O)N[C@@H](Cc1ccccc1)C(N)=O. The molecule has 190 valence electrons. The van der Waals surface area contributed by atoms with Gasteiger partial charge in [-0.05, 0) is 54.8 Å². The maximum Gasteiger partial charge on any atom is 0.240 e. The van der Waals surface area contributed by atoms with Crippen molar-refractivity contribution >= 4 is 23.4 Å². The predicted octanol–water partition coefficient (Wildman–Crippen LogP) is 4.27. The summed E-state index contributed by atoms with van der Waals surface area (Å²) in [6.07, 6.45) is 4.40. The van der Waals surface area contributed by atoms with Gasteiger partial charge in [0.2, 0.25) is 17.7 Å². The summed E-state index contributed by atoms with van der Waals surface area (Å²) in [6, 6.07) is 19.8. The zero-order valence-corrected chi connectivity index (χ0v) is 21.2. The molecule has 0 spiro atoms. The standard InChI is InChI=1S/C28H28ClN5O3/c1-19-15-22(29)11-12-25(19)34-27(17-23(33-34)21-9-5-13-31-18-21)37-14-6-10-26(35)32-24(28(30)36)16-20-7-3-2-4-8-20/h2-5,7-9,11-13,15,17-18,24H,6,10,14,16H2,1H3,(H2,30,36)(H,32,35)/t24-/m0/s1. The van der Waals surface area contributed by atoms with Crippen molar-refractivity contribution in [1.82, 2.24) is 20.1 Å². The first-order valence-electron chi connectivity index (χ1n) is 11.9. The molecule has 3 N–H and O–H groups in total. The summed E-state index contributed by atoms with van der Waals surface area (Å²) in [7, 11) is 0. The number of ether oxygens (including phenoxy) is 1. The molecule has 0 unspecified atom stereocenters. The molecule has 4 rings (SSSR count). The molecule has 37 heavy (non-hydrogen) atoms. The Morgan fingerprint density at radius 2 is 1.92 bits per heavy atom. The monoisotopic (exact) mass is 517 g/mol. The largest absolute Gasteiger partial charge is 0.478 e. The fourth-order valence-electron chi connectivity index (χ4n) is 3.90. The van der Waals surface area contributed by atoms with E-state index in [2.05, 4.69) is 10.3 Å². The van der Waals surface area contributed by atoms with E-state index in [1.165, 1.54) is 0 Å². The first-order valence-corrected chi connectivity index (χ1v) is 12.3. The molecule has 1 atom stereocenters. The second kappa shape index (κ2) is 12.2. The van der Waals surface area contributed by atoms with Crippen LogP contribution in [0.4, 0.5) is 0 Å². The minimum absolute atomic E-state index is 0.183. The van der Waals surface area contributed by atoms with E-state index >= 15 is 0 Å². The van der Waals surface area contributed by atoms with Gasteiger partial charge in [-0.3, -0.25) is 14.6 Å². The lowest BCUT2D eigenvalue weighted by molar-refractivity contribution is -0.127. The van der Waals surface area contributed by atoms with Crippen molar-refractivity contribution in [3.8, 4) is 22.8 Å². The van der Waals surface area contributed by atoms with Crippen molar-refractivity contribution in [2.75, 3.05) is 6.61 Å². The minimum atomic E-state index is -0.771. The van der Waals surface area contributed by atoms with Crippen molar-refractivity contribution in [1.29, 1.82) is 0 Å². The molecule has 0 aliphatic carbocycles. The van der Waals surface area contributed by atoms with E-state index in [1.54, 1.807) is 23.1 Å². The second-order valence-corrected chi connectivity index (χ2v) is 9.05. The summed E-state index contributed by atoms with van der Waals surface area (Å²) in [4.78, 5) is 28.5. The molecule has 0 bridgehead atoms. The molecule has 0 saturated heterocycles. The van der Waals surface area contributed by atoms with E-state index in [1.807, 2.05) is 67.6 Å². The van der Waals surface area contributed by atoms with Crippen LogP contribution in [0.5, 0.6) is 5.88 Å². The molecule has 0 aliphatic rings. The van der Waals surface area contributed by atoms with Gasteiger partial charge in [0.1, 0.15) is 6.04 Å². The summed E-state index contributed by atoms with van der Waals surface area (Å²) in [5.41, 5.74) is 9.76. The van der Waals surface area contributed by atoms with Crippen LogP contribution in [0.25, 0.3) is 16.9 Å². The van der Waals surface area contributed by atoms with E-state index in [9.17, 15) is 9.59 Å². The van der Waals surface area contributed by atoms with Gasteiger partial charge in [-0.2, -0.15) is 5.10 Å². The quantitative estimate of drug-likeness (QED) is 0.288. The zero-order chi connectivity index (χ0) is 26.2. The van der Waals surface area contributed by atoms with E-state index in [-0.39, 0.29) is 18.9 Å². The van der Waals surface area contributed by atoms with Gasteiger partial charge in [0.05, 0.1) is 18.0 Å². The minimum Gasteiger partial charge on any atom is -0.478 e. The van der Waals surface area contributed by atoms with Crippen molar-refractivity contribution < 1.29 is 14.3 Å². The van der Waals surface area contributed by atoms with Crippen molar-refractivity contribution in [3.63, 3.8) is 0 Å². The molecule has 2 amide bonds. The maximum absolute atomic E-state index is 12.5. The summed E-state index contributed by atoms with van der Waals surface area (Å²) < 4.78 is 7.77.